The lowest BCUT2D eigenvalue weighted by Crippen LogP contribution is -2.40. The van der Waals surface area contributed by atoms with Crippen LogP contribution in [0.25, 0.3) is 0 Å². The van der Waals surface area contributed by atoms with Crippen LogP contribution in [0.2, 0.25) is 0 Å². The Morgan fingerprint density at radius 3 is 2.75 bits per heavy atom. The van der Waals surface area contributed by atoms with Crippen LogP contribution in [0.4, 0.5) is 10.5 Å². The van der Waals surface area contributed by atoms with Crippen molar-refractivity contribution in [2.75, 3.05) is 32.1 Å². The van der Waals surface area contributed by atoms with Gasteiger partial charge in [-0.1, -0.05) is 22.0 Å². The molecular formula is C13H17BrN2O4. The summed E-state index contributed by atoms with van der Waals surface area (Å²) in [6.45, 7) is 1.97. The van der Waals surface area contributed by atoms with Crippen molar-refractivity contribution in [3.8, 4) is 0 Å². The molecule has 0 bridgehead atoms. The fraction of sp³-hybridized carbons (Fsp3) is 0.385. The van der Waals surface area contributed by atoms with Gasteiger partial charge in [0.25, 0.3) is 0 Å². The second kappa shape index (κ2) is 7.86. The van der Waals surface area contributed by atoms with Gasteiger partial charge in [0.15, 0.2) is 0 Å². The minimum absolute atomic E-state index is 0.210. The smallest absolute Gasteiger partial charge is 0.323 e. The Morgan fingerprint density at radius 1 is 1.45 bits per heavy atom. The molecule has 1 aromatic rings. The number of benzene rings is 1. The SMILES string of the molecule is COCCN(CC(=O)O)C(=O)Nc1cc(Br)ccc1C. The molecule has 0 radical (unpaired) electrons. The van der Waals surface area contributed by atoms with E-state index in [0.29, 0.717) is 5.69 Å². The first-order valence-electron chi connectivity index (χ1n) is 5.97. The van der Waals surface area contributed by atoms with Crippen LogP contribution in [0.3, 0.4) is 0 Å². The molecule has 1 aromatic carbocycles. The molecule has 20 heavy (non-hydrogen) atoms. The van der Waals surface area contributed by atoms with E-state index in [9.17, 15) is 9.59 Å². The van der Waals surface area contributed by atoms with Gasteiger partial charge in [-0.3, -0.25) is 4.79 Å². The maximum Gasteiger partial charge on any atom is 0.323 e. The molecule has 110 valence electrons. The van der Waals surface area contributed by atoms with E-state index in [0.717, 1.165) is 10.0 Å². The maximum absolute atomic E-state index is 12.1. The zero-order valence-electron chi connectivity index (χ0n) is 11.4. The summed E-state index contributed by atoms with van der Waals surface area (Å²) in [4.78, 5) is 24.1. The summed E-state index contributed by atoms with van der Waals surface area (Å²) in [5, 5.41) is 11.5. The first-order chi connectivity index (χ1) is 9.43. The summed E-state index contributed by atoms with van der Waals surface area (Å²) >= 11 is 3.33. The highest BCUT2D eigenvalue weighted by atomic mass is 79.9. The summed E-state index contributed by atoms with van der Waals surface area (Å²) in [5.74, 6) is -1.07. The van der Waals surface area contributed by atoms with Crippen molar-refractivity contribution in [2.24, 2.45) is 0 Å². The molecule has 0 aliphatic carbocycles. The van der Waals surface area contributed by atoms with E-state index in [1.807, 2.05) is 19.1 Å². The minimum Gasteiger partial charge on any atom is -0.480 e. The van der Waals surface area contributed by atoms with Crippen LogP contribution < -0.4 is 5.32 Å². The third-order valence-electron chi connectivity index (χ3n) is 2.62. The number of rotatable bonds is 6. The van der Waals surface area contributed by atoms with Crippen LogP contribution in [0.1, 0.15) is 5.56 Å². The van der Waals surface area contributed by atoms with Gasteiger partial charge in [0.1, 0.15) is 6.54 Å². The Bertz CT molecular complexity index is 493. The van der Waals surface area contributed by atoms with Crippen LogP contribution in [-0.4, -0.2) is 48.8 Å². The highest BCUT2D eigenvalue weighted by molar-refractivity contribution is 9.10. The molecule has 0 saturated heterocycles. The molecule has 0 heterocycles. The summed E-state index contributed by atoms with van der Waals surface area (Å²) in [6.07, 6.45) is 0. The number of nitrogens with zero attached hydrogens (tertiary/aromatic N) is 1. The van der Waals surface area contributed by atoms with Gasteiger partial charge in [0.05, 0.1) is 6.61 Å². The molecule has 7 heteroatoms. The quantitative estimate of drug-likeness (QED) is 0.829. The Hall–Kier alpha value is -1.60. The third kappa shape index (κ3) is 5.18. The number of urea groups is 1. The van der Waals surface area contributed by atoms with Gasteiger partial charge >= 0.3 is 12.0 Å². The van der Waals surface area contributed by atoms with E-state index in [1.54, 1.807) is 6.07 Å². The van der Waals surface area contributed by atoms with Gasteiger partial charge in [-0.05, 0) is 24.6 Å². The van der Waals surface area contributed by atoms with Crippen LogP contribution in [0, 0.1) is 6.92 Å². The maximum atomic E-state index is 12.1. The van der Waals surface area contributed by atoms with Crippen LogP contribution in [0.5, 0.6) is 0 Å². The van der Waals surface area contributed by atoms with Crippen LogP contribution >= 0.6 is 15.9 Å². The molecule has 0 unspecified atom stereocenters. The number of halogens is 1. The van der Waals surface area contributed by atoms with Crippen LogP contribution in [0.15, 0.2) is 22.7 Å². The third-order valence-corrected chi connectivity index (χ3v) is 3.11. The molecule has 0 aliphatic rings. The number of aliphatic carboxylic acids is 1. The number of hydrogen-bond donors (Lipinski definition) is 2. The number of nitrogens with one attached hydrogen (secondary N) is 1. The number of aryl methyl sites for hydroxylation is 1. The van der Waals surface area contributed by atoms with E-state index in [-0.39, 0.29) is 19.7 Å². The van der Waals surface area contributed by atoms with Crippen LogP contribution in [-0.2, 0) is 9.53 Å². The number of amides is 2. The van der Waals surface area contributed by atoms with Crippen molar-refractivity contribution in [2.45, 2.75) is 6.92 Å². The van der Waals surface area contributed by atoms with Crippen molar-refractivity contribution in [3.63, 3.8) is 0 Å². The second-order valence-corrected chi connectivity index (χ2v) is 5.11. The molecule has 0 atom stereocenters. The number of carboxylic acid groups (broad SMARTS) is 1. The van der Waals surface area contributed by atoms with Crippen molar-refractivity contribution in [1.82, 2.24) is 4.90 Å². The zero-order chi connectivity index (χ0) is 15.1. The van der Waals surface area contributed by atoms with Gasteiger partial charge in [-0.2, -0.15) is 0 Å². The molecule has 0 aliphatic heterocycles. The molecule has 0 spiro atoms. The first-order valence-corrected chi connectivity index (χ1v) is 6.76. The summed E-state index contributed by atoms with van der Waals surface area (Å²) in [7, 11) is 1.50. The summed E-state index contributed by atoms with van der Waals surface area (Å²) in [5.41, 5.74) is 1.53. The zero-order valence-corrected chi connectivity index (χ0v) is 12.9. The Balaban J connectivity index is 2.78. The first kappa shape index (κ1) is 16.5. The molecule has 6 nitrogen and oxygen atoms in total. The Morgan fingerprint density at radius 2 is 2.15 bits per heavy atom. The molecule has 0 aromatic heterocycles. The Kier molecular flexibility index (Phi) is 6.47. The van der Waals surface area contributed by atoms with Crippen molar-refractivity contribution in [3.05, 3.63) is 28.2 Å². The van der Waals surface area contributed by atoms with E-state index in [4.69, 9.17) is 9.84 Å². The largest absolute Gasteiger partial charge is 0.480 e. The lowest BCUT2D eigenvalue weighted by atomic mass is 10.2. The van der Waals surface area contributed by atoms with Gasteiger partial charge in [-0.15, -0.1) is 0 Å². The summed E-state index contributed by atoms with van der Waals surface area (Å²) in [6, 6.07) is 5.02. The average Bonchev–Trinajstić information content (AvgIpc) is 2.38. The standard InChI is InChI=1S/C13H17BrN2O4/c1-9-3-4-10(14)7-11(9)15-13(19)16(5-6-20-2)8-12(17)18/h3-4,7H,5-6,8H2,1-2H3,(H,15,19)(H,17,18). The molecule has 2 N–H and O–H groups in total. The predicted octanol–water partition coefficient (Wildman–Crippen LogP) is 2.32. The number of carbonyl (C=O) groups excluding carboxylic acids is 1. The molecule has 1 rings (SSSR count). The summed E-state index contributed by atoms with van der Waals surface area (Å²) < 4.78 is 5.71. The van der Waals surface area contributed by atoms with Crippen molar-refractivity contribution in [1.29, 1.82) is 0 Å². The van der Waals surface area contributed by atoms with Gasteiger partial charge < -0.3 is 20.1 Å². The van der Waals surface area contributed by atoms with Gasteiger partial charge in [0.2, 0.25) is 0 Å². The highest BCUT2D eigenvalue weighted by Gasteiger charge is 2.17. The molecule has 0 fully saturated rings. The highest BCUT2D eigenvalue weighted by Crippen LogP contribution is 2.20. The van der Waals surface area contributed by atoms with Gasteiger partial charge in [0, 0.05) is 23.8 Å². The number of hydrogen-bond acceptors (Lipinski definition) is 3. The van der Waals surface area contributed by atoms with E-state index < -0.39 is 12.0 Å². The lowest BCUT2D eigenvalue weighted by Gasteiger charge is -2.21. The second-order valence-electron chi connectivity index (χ2n) is 4.20. The predicted molar refractivity (Wildman–Crippen MR) is 79.0 cm³/mol. The fourth-order valence-electron chi connectivity index (χ4n) is 1.54. The fourth-order valence-corrected chi connectivity index (χ4v) is 1.90. The van der Waals surface area contributed by atoms with E-state index in [2.05, 4.69) is 21.2 Å². The number of ether oxygens (including phenoxy) is 1. The number of methoxy groups -OCH3 is 1. The Labute approximate surface area is 125 Å². The van der Waals surface area contributed by atoms with E-state index in [1.165, 1.54) is 12.0 Å². The monoisotopic (exact) mass is 344 g/mol. The van der Waals surface area contributed by atoms with E-state index >= 15 is 0 Å². The normalized spacial score (nSPS) is 10.2. The average molecular weight is 345 g/mol. The lowest BCUT2D eigenvalue weighted by molar-refractivity contribution is -0.137. The topological polar surface area (TPSA) is 78.9 Å². The molecule has 0 saturated carbocycles. The minimum atomic E-state index is -1.07. The number of carbonyl (C=O) groups is 2. The van der Waals surface area contributed by atoms with Gasteiger partial charge in [-0.25, -0.2) is 4.79 Å². The molecular weight excluding hydrogens is 328 g/mol. The number of carboxylic acids is 1. The number of anilines is 1. The van der Waals surface area contributed by atoms with Crippen molar-refractivity contribution < 1.29 is 19.4 Å². The van der Waals surface area contributed by atoms with Crippen molar-refractivity contribution >= 4 is 33.6 Å². The molecule has 2 amide bonds.